The third kappa shape index (κ3) is 1.01. The van der Waals surface area contributed by atoms with Crippen molar-refractivity contribution in [1.82, 2.24) is 0 Å². The van der Waals surface area contributed by atoms with Gasteiger partial charge in [-0.05, 0) is 24.5 Å². The van der Waals surface area contributed by atoms with E-state index in [0.29, 0.717) is 0 Å². The number of nitrogens with one attached hydrogen (secondary N) is 1. The second kappa shape index (κ2) is 2.66. The zero-order valence-electron chi connectivity index (χ0n) is 7.60. The van der Waals surface area contributed by atoms with Crippen LogP contribution in [0.3, 0.4) is 0 Å². The molecule has 13 heavy (non-hydrogen) atoms. The average Bonchev–Trinajstić information content (AvgIpc) is 2.65. The number of benzene rings is 1. The first kappa shape index (κ1) is 7.25. The van der Waals surface area contributed by atoms with E-state index in [0.717, 1.165) is 25.3 Å². The minimum atomic E-state index is 0.855. The van der Waals surface area contributed by atoms with E-state index in [1.165, 1.54) is 29.7 Å². The van der Waals surface area contributed by atoms with Crippen LogP contribution in [0, 0.1) is 0 Å². The molecule has 0 saturated heterocycles. The van der Waals surface area contributed by atoms with E-state index in [1.54, 1.807) is 0 Å². The maximum Gasteiger partial charge on any atom is 0.124 e. The summed E-state index contributed by atoms with van der Waals surface area (Å²) in [6.07, 6.45) is 3.55. The molecular weight excluding hydrogens is 162 g/mol. The van der Waals surface area contributed by atoms with Crippen LogP contribution in [0.25, 0.3) is 0 Å². The van der Waals surface area contributed by atoms with Crippen molar-refractivity contribution in [1.29, 1.82) is 0 Å². The van der Waals surface area contributed by atoms with E-state index in [-0.39, 0.29) is 0 Å². The molecule has 2 heteroatoms. The summed E-state index contributed by atoms with van der Waals surface area (Å²) < 4.78 is 5.52. The van der Waals surface area contributed by atoms with E-state index in [1.807, 2.05) is 0 Å². The standard InChI is InChI=1S/C11H13NO/c1-2-8-3-4-10-9(5-7-13-10)11(8)12-6-1/h3-4,12H,1-2,5-7H2. The van der Waals surface area contributed by atoms with Crippen LogP contribution in [0.1, 0.15) is 17.5 Å². The lowest BCUT2D eigenvalue weighted by atomic mass is 9.98. The van der Waals surface area contributed by atoms with Crippen LogP contribution in [0.5, 0.6) is 5.75 Å². The highest BCUT2D eigenvalue weighted by molar-refractivity contribution is 5.65. The molecule has 0 aromatic heterocycles. The van der Waals surface area contributed by atoms with Crippen LogP contribution >= 0.6 is 0 Å². The largest absolute Gasteiger partial charge is 0.493 e. The van der Waals surface area contributed by atoms with Gasteiger partial charge in [-0.1, -0.05) is 6.07 Å². The third-order valence-corrected chi connectivity index (χ3v) is 2.89. The highest BCUT2D eigenvalue weighted by Gasteiger charge is 2.20. The van der Waals surface area contributed by atoms with Gasteiger partial charge < -0.3 is 10.1 Å². The number of hydrogen-bond donors (Lipinski definition) is 1. The van der Waals surface area contributed by atoms with Gasteiger partial charge in [-0.25, -0.2) is 0 Å². The lowest BCUT2D eigenvalue weighted by Crippen LogP contribution is -2.13. The van der Waals surface area contributed by atoms with Crippen molar-refractivity contribution in [2.45, 2.75) is 19.3 Å². The van der Waals surface area contributed by atoms with Gasteiger partial charge in [-0.3, -0.25) is 0 Å². The van der Waals surface area contributed by atoms with Crippen LogP contribution in [0.2, 0.25) is 0 Å². The molecule has 0 unspecified atom stereocenters. The Morgan fingerprint density at radius 2 is 2.23 bits per heavy atom. The quantitative estimate of drug-likeness (QED) is 0.651. The lowest BCUT2D eigenvalue weighted by molar-refractivity contribution is 0.357. The monoisotopic (exact) mass is 175 g/mol. The van der Waals surface area contributed by atoms with E-state index in [2.05, 4.69) is 17.4 Å². The molecule has 1 N–H and O–H groups in total. The molecule has 0 saturated carbocycles. The first-order chi connectivity index (χ1) is 6.45. The normalized spacial score (nSPS) is 18.5. The molecule has 0 spiro atoms. The van der Waals surface area contributed by atoms with Gasteiger partial charge in [0.25, 0.3) is 0 Å². The average molecular weight is 175 g/mol. The van der Waals surface area contributed by atoms with Gasteiger partial charge in [0.05, 0.1) is 6.61 Å². The molecule has 0 amide bonds. The second-order valence-electron chi connectivity index (χ2n) is 3.71. The van der Waals surface area contributed by atoms with Gasteiger partial charge in [-0.2, -0.15) is 0 Å². The maximum atomic E-state index is 5.52. The molecule has 68 valence electrons. The number of hydrogen-bond acceptors (Lipinski definition) is 2. The van der Waals surface area contributed by atoms with Gasteiger partial charge in [-0.15, -0.1) is 0 Å². The predicted octanol–water partition coefficient (Wildman–Crippen LogP) is 1.98. The summed E-state index contributed by atoms with van der Waals surface area (Å²) in [5.74, 6) is 1.09. The zero-order chi connectivity index (χ0) is 8.67. The van der Waals surface area contributed by atoms with Crippen LogP contribution in [0.15, 0.2) is 12.1 Å². The molecule has 2 nitrogen and oxygen atoms in total. The predicted molar refractivity (Wildman–Crippen MR) is 52.5 cm³/mol. The first-order valence-electron chi connectivity index (χ1n) is 4.96. The molecular formula is C11H13NO. The molecule has 0 fully saturated rings. The highest BCUT2D eigenvalue weighted by atomic mass is 16.5. The second-order valence-corrected chi connectivity index (χ2v) is 3.71. The summed E-state index contributed by atoms with van der Waals surface area (Å²) in [5.41, 5.74) is 4.23. The molecule has 0 radical (unpaired) electrons. The molecule has 0 atom stereocenters. The summed E-state index contributed by atoms with van der Waals surface area (Å²) in [6, 6.07) is 4.32. The summed E-state index contributed by atoms with van der Waals surface area (Å²) in [6.45, 7) is 1.97. The number of fused-ring (bicyclic) bond motifs is 3. The molecule has 2 aliphatic heterocycles. The fourth-order valence-electron chi connectivity index (χ4n) is 2.24. The Labute approximate surface area is 77.9 Å². The number of ether oxygens (including phenoxy) is 1. The van der Waals surface area contributed by atoms with Gasteiger partial charge >= 0.3 is 0 Å². The van der Waals surface area contributed by atoms with Crippen LogP contribution in [-0.4, -0.2) is 13.2 Å². The molecule has 0 bridgehead atoms. The maximum absolute atomic E-state index is 5.52. The smallest absolute Gasteiger partial charge is 0.124 e. The van der Waals surface area contributed by atoms with Gasteiger partial charge in [0.1, 0.15) is 5.75 Å². The molecule has 2 heterocycles. The molecule has 1 aromatic rings. The Morgan fingerprint density at radius 1 is 1.23 bits per heavy atom. The van der Waals surface area contributed by atoms with E-state index in [9.17, 15) is 0 Å². The van der Waals surface area contributed by atoms with Crippen LogP contribution in [-0.2, 0) is 12.8 Å². The van der Waals surface area contributed by atoms with Gasteiger partial charge in [0.15, 0.2) is 0 Å². The van der Waals surface area contributed by atoms with Gasteiger partial charge in [0.2, 0.25) is 0 Å². The number of anilines is 1. The molecule has 0 aliphatic carbocycles. The van der Waals surface area contributed by atoms with Crippen molar-refractivity contribution in [2.75, 3.05) is 18.5 Å². The van der Waals surface area contributed by atoms with Crippen molar-refractivity contribution in [3.05, 3.63) is 23.3 Å². The first-order valence-corrected chi connectivity index (χ1v) is 4.96. The Balaban J connectivity index is 2.17. The fraction of sp³-hybridized carbons (Fsp3) is 0.455. The Hall–Kier alpha value is -1.18. The minimum absolute atomic E-state index is 0.855. The third-order valence-electron chi connectivity index (χ3n) is 2.89. The SMILES string of the molecule is c1cc2c(c3c1CCCN3)CCO2. The van der Waals surface area contributed by atoms with Crippen LogP contribution < -0.4 is 10.1 Å². The van der Waals surface area contributed by atoms with Crippen molar-refractivity contribution < 1.29 is 4.74 Å². The Morgan fingerprint density at radius 3 is 3.23 bits per heavy atom. The van der Waals surface area contributed by atoms with E-state index >= 15 is 0 Å². The van der Waals surface area contributed by atoms with Crippen LogP contribution in [0.4, 0.5) is 5.69 Å². The van der Waals surface area contributed by atoms with Crippen molar-refractivity contribution in [3.8, 4) is 5.75 Å². The number of aryl methyl sites for hydroxylation is 1. The number of rotatable bonds is 0. The Bertz CT molecular complexity index is 346. The van der Waals surface area contributed by atoms with Gasteiger partial charge in [0, 0.05) is 24.2 Å². The fourth-order valence-corrected chi connectivity index (χ4v) is 2.24. The van der Waals surface area contributed by atoms with E-state index in [4.69, 9.17) is 4.74 Å². The summed E-state index contributed by atoms with van der Waals surface area (Å²) in [4.78, 5) is 0. The Kier molecular flexibility index (Phi) is 1.48. The van der Waals surface area contributed by atoms with Crippen molar-refractivity contribution in [3.63, 3.8) is 0 Å². The minimum Gasteiger partial charge on any atom is -0.493 e. The molecule has 1 aromatic carbocycles. The lowest BCUT2D eigenvalue weighted by Gasteiger charge is -2.20. The summed E-state index contributed by atoms with van der Waals surface area (Å²) >= 11 is 0. The highest BCUT2D eigenvalue weighted by Crippen LogP contribution is 2.36. The van der Waals surface area contributed by atoms with E-state index < -0.39 is 0 Å². The summed E-state index contributed by atoms with van der Waals surface area (Å²) in [7, 11) is 0. The van der Waals surface area contributed by atoms with Crippen molar-refractivity contribution in [2.24, 2.45) is 0 Å². The van der Waals surface area contributed by atoms with Crippen molar-refractivity contribution >= 4 is 5.69 Å². The molecule has 3 rings (SSSR count). The molecule has 2 aliphatic rings. The summed E-state index contributed by atoms with van der Waals surface area (Å²) in [5, 5.41) is 3.48. The topological polar surface area (TPSA) is 21.3 Å². The zero-order valence-corrected chi connectivity index (χ0v) is 7.60.